The number of rotatable bonds is 6. The fourth-order valence-electron chi connectivity index (χ4n) is 3.05. The molecule has 2 atom stereocenters. The van der Waals surface area contributed by atoms with Crippen LogP contribution in [0.3, 0.4) is 0 Å². The minimum atomic E-state index is -0.901. The maximum atomic E-state index is 12.1. The average Bonchev–Trinajstić information content (AvgIpc) is 3.04. The Kier molecular flexibility index (Phi) is 5.83. The van der Waals surface area contributed by atoms with E-state index in [9.17, 15) is 19.5 Å². The summed E-state index contributed by atoms with van der Waals surface area (Å²) < 4.78 is 5.08. The Hall–Kier alpha value is -2.51. The SMILES string of the molecule is CC1(NC(=O)CNC(=O)NCc2ccco2)CCCCC1C(=O)O. The van der Waals surface area contributed by atoms with E-state index in [-0.39, 0.29) is 13.1 Å². The topological polar surface area (TPSA) is 121 Å². The number of carboxylic acids is 1. The van der Waals surface area contributed by atoms with Gasteiger partial charge < -0.3 is 25.5 Å². The summed E-state index contributed by atoms with van der Waals surface area (Å²) in [5, 5.41) is 17.1. The molecule has 8 heteroatoms. The third-order valence-corrected chi connectivity index (χ3v) is 4.34. The van der Waals surface area contributed by atoms with Crippen molar-refractivity contribution < 1.29 is 23.9 Å². The second-order valence-electron chi connectivity index (χ2n) is 6.22. The van der Waals surface area contributed by atoms with E-state index >= 15 is 0 Å². The van der Waals surface area contributed by atoms with E-state index in [4.69, 9.17) is 4.42 Å². The maximum Gasteiger partial charge on any atom is 0.315 e. The number of hydrogen-bond acceptors (Lipinski definition) is 4. The van der Waals surface area contributed by atoms with Crippen LogP contribution in [-0.4, -0.2) is 35.1 Å². The summed E-state index contributed by atoms with van der Waals surface area (Å²) in [5.74, 6) is -1.31. The molecule has 2 unspecified atom stereocenters. The van der Waals surface area contributed by atoms with Crippen LogP contribution in [-0.2, 0) is 16.1 Å². The summed E-state index contributed by atoms with van der Waals surface area (Å²) in [4.78, 5) is 35.1. The average molecular weight is 337 g/mol. The van der Waals surface area contributed by atoms with Crippen molar-refractivity contribution in [3.05, 3.63) is 24.2 Å². The van der Waals surface area contributed by atoms with Gasteiger partial charge in [0, 0.05) is 0 Å². The molecule has 0 radical (unpaired) electrons. The molecule has 1 aromatic heterocycles. The number of carbonyl (C=O) groups excluding carboxylic acids is 2. The third-order valence-electron chi connectivity index (χ3n) is 4.34. The molecule has 24 heavy (non-hydrogen) atoms. The number of amides is 3. The highest BCUT2D eigenvalue weighted by Crippen LogP contribution is 2.33. The van der Waals surface area contributed by atoms with E-state index in [0.29, 0.717) is 18.6 Å². The zero-order valence-corrected chi connectivity index (χ0v) is 13.6. The molecule has 1 aliphatic rings. The monoisotopic (exact) mass is 337 g/mol. The van der Waals surface area contributed by atoms with Crippen LogP contribution < -0.4 is 16.0 Å². The number of urea groups is 1. The Morgan fingerprint density at radius 2 is 2.12 bits per heavy atom. The van der Waals surface area contributed by atoms with E-state index in [2.05, 4.69) is 16.0 Å². The molecule has 132 valence electrons. The fourth-order valence-corrected chi connectivity index (χ4v) is 3.05. The van der Waals surface area contributed by atoms with Crippen LogP contribution in [0.25, 0.3) is 0 Å². The molecular weight excluding hydrogens is 314 g/mol. The van der Waals surface area contributed by atoms with Gasteiger partial charge in [0.2, 0.25) is 5.91 Å². The molecule has 1 fully saturated rings. The molecular formula is C16H23N3O5. The second kappa shape index (κ2) is 7.85. The first-order valence-corrected chi connectivity index (χ1v) is 7.98. The fraction of sp³-hybridized carbons (Fsp3) is 0.562. The number of furan rings is 1. The van der Waals surface area contributed by atoms with Gasteiger partial charge in [-0.15, -0.1) is 0 Å². The van der Waals surface area contributed by atoms with E-state index in [1.54, 1.807) is 19.1 Å². The quantitative estimate of drug-likeness (QED) is 0.622. The lowest BCUT2D eigenvalue weighted by Gasteiger charge is -2.39. The van der Waals surface area contributed by atoms with Gasteiger partial charge in [0.25, 0.3) is 0 Å². The van der Waals surface area contributed by atoms with E-state index in [1.165, 1.54) is 6.26 Å². The Balaban J connectivity index is 1.77. The van der Waals surface area contributed by atoms with Gasteiger partial charge in [0.15, 0.2) is 0 Å². The standard InChI is InChI=1S/C16H23N3O5/c1-16(7-3-2-6-12(16)14(21)22)19-13(20)10-18-15(23)17-9-11-5-4-8-24-11/h4-5,8,12H,2-3,6-7,9-10H2,1H3,(H,19,20)(H,21,22)(H2,17,18,23). The summed E-state index contributed by atoms with van der Waals surface area (Å²) in [5.41, 5.74) is -0.784. The molecule has 0 spiro atoms. The zero-order valence-electron chi connectivity index (χ0n) is 13.6. The lowest BCUT2D eigenvalue weighted by atomic mass is 9.74. The molecule has 8 nitrogen and oxygen atoms in total. The Labute approximate surface area is 140 Å². The molecule has 0 aromatic carbocycles. The van der Waals surface area contributed by atoms with Crippen LogP contribution in [0.4, 0.5) is 4.79 Å². The lowest BCUT2D eigenvalue weighted by Crippen LogP contribution is -2.57. The number of carbonyl (C=O) groups is 3. The molecule has 0 aliphatic heterocycles. The summed E-state index contributed by atoms with van der Waals surface area (Å²) in [6.07, 6.45) is 4.38. The molecule has 1 aliphatic carbocycles. The van der Waals surface area contributed by atoms with E-state index < -0.39 is 29.4 Å². The van der Waals surface area contributed by atoms with Gasteiger partial charge in [-0.25, -0.2) is 4.79 Å². The highest BCUT2D eigenvalue weighted by atomic mass is 16.4. The van der Waals surface area contributed by atoms with E-state index in [0.717, 1.165) is 12.8 Å². The van der Waals surface area contributed by atoms with Gasteiger partial charge in [-0.2, -0.15) is 0 Å². The first kappa shape index (κ1) is 17.8. The van der Waals surface area contributed by atoms with Crippen LogP contribution in [0.1, 0.15) is 38.4 Å². The first-order chi connectivity index (χ1) is 11.4. The van der Waals surface area contributed by atoms with Crippen molar-refractivity contribution >= 4 is 17.9 Å². The Morgan fingerprint density at radius 1 is 1.33 bits per heavy atom. The maximum absolute atomic E-state index is 12.1. The van der Waals surface area contributed by atoms with Crippen LogP contribution >= 0.6 is 0 Å². The van der Waals surface area contributed by atoms with Crippen LogP contribution in [0.15, 0.2) is 22.8 Å². The predicted octanol–water partition coefficient (Wildman–Crippen LogP) is 1.23. The molecule has 1 aromatic rings. The highest BCUT2D eigenvalue weighted by molar-refractivity contribution is 5.85. The second-order valence-corrected chi connectivity index (χ2v) is 6.22. The van der Waals surface area contributed by atoms with Gasteiger partial charge in [-0.05, 0) is 31.9 Å². The van der Waals surface area contributed by atoms with Crippen LogP contribution in [0.2, 0.25) is 0 Å². The van der Waals surface area contributed by atoms with Crippen LogP contribution in [0, 0.1) is 5.92 Å². The Morgan fingerprint density at radius 3 is 2.79 bits per heavy atom. The van der Waals surface area contributed by atoms with Crippen molar-refractivity contribution in [3.63, 3.8) is 0 Å². The van der Waals surface area contributed by atoms with Gasteiger partial charge in [0.1, 0.15) is 5.76 Å². The number of aliphatic carboxylic acids is 1. The van der Waals surface area contributed by atoms with Crippen molar-refractivity contribution in [1.29, 1.82) is 0 Å². The van der Waals surface area contributed by atoms with Crippen molar-refractivity contribution in [1.82, 2.24) is 16.0 Å². The smallest absolute Gasteiger partial charge is 0.315 e. The molecule has 0 saturated heterocycles. The minimum absolute atomic E-state index is 0.216. The lowest BCUT2D eigenvalue weighted by molar-refractivity contribution is -0.146. The molecule has 4 N–H and O–H groups in total. The molecule has 0 bridgehead atoms. The zero-order chi connectivity index (χ0) is 17.6. The summed E-state index contributed by atoms with van der Waals surface area (Å²) >= 11 is 0. The Bertz CT molecular complexity index is 587. The molecule has 3 amide bonds. The summed E-state index contributed by atoms with van der Waals surface area (Å²) in [6.45, 7) is 1.75. The van der Waals surface area contributed by atoms with Gasteiger partial charge in [-0.3, -0.25) is 9.59 Å². The number of nitrogens with one attached hydrogen (secondary N) is 3. The number of carboxylic acid groups (broad SMARTS) is 1. The third kappa shape index (κ3) is 4.74. The first-order valence-electron chi connectivity index (χ1n) is 7.98. The van der Waals surface area contributed by atoms with E-state index in [1.807, 2.05) is 0 Å². The van der Waals surface area contributed by atoms with Gasteiger partial charge >= 0.3 is 12.0 Å². The van der Waals surface area contributed by atoms with Crippen molar-refractivity contribution in [2.45, 2.75) is 44.7 Å². The van der Waals surface area contributed by atoms with Crippen molar-refractivity contribution in [2.24, 2.45) is 5.92 Å². The molecule has 1 heterocycles. The van der Waals surface area contributed by atoms with Crippen molar-refractivity contribution in [3.8, 4) is 0 Å². The molecule has 2 rings (SSSR count). The van der Waals surface area contributed by atoms with Crippen molar-refractivity contribution in [2.75, 3.05) is 6.54 Å². The van der Waals surface area contributed by atoms with Crippen LogP contribution in [0.5, 0.6) is 0 Å². The largest absolute Gasteiger partial charge is 0.481 e. The minimum Gasteiger partial charge on any atom is -0.481 e. The predicted molar refractivity (Wildman–Crippen MR) is 85.1 cm³/mol. The summed E-state index contributed by atoms with van der Waals surface area (Å²) in [7, 11) is 0. The molecule has 1 saturated carbocycles. The summed E-state index contributed by atoms with van der Waals surface area (Å²) in [6, 6.07) is 2.94. The normalized spacial score (nSPS) is 23.3. The van der Waals surface area contributed by atoms with Gasteiger partial charge in [0.05, 0.1) is 30.8 Å². The van der Waals surface area contributed by atoms with Gasteiger partial charge in [-0.1, -0.05) is 12.8 Å². The highest BCUT2D eigenvalue weighted by Gasteiger charge is 2.42. The number of hydrogen-bond donors (Lipinski definition) is 4.